The zero-order chi connectivity index (χ0) is 14.2. The van der Waals surface area contributed by atoms with Gasteiger partial charge in [-0.15, -0.1) is 0 Å². The van der Waals surface area contributed by atoms with Gasteiger partial charge < -0.3 is 11.1 Å². The molecule has 2 rings (SSSR count). The molecule has 1 saturated carbocycles. The standard InChI is InChI=1S/C14H25N3O2/c1-4-14(3)12(18)17(13(19)16-14)11-7-9(2)5-6-10(11)8-15/h9-11H,4-8,15H2,1-3H3,(H,16,19). The Balaban J connectivity index is 2.24. The molecule has 1 aliphatic heterocycles. The minimum Gasteiger partial charge on any atom is -0.330 e. The summed E-state index contributed by atoms with van der Waals surface area (Å²) in [6, 6.07) is -0.276. The number of carbonyl (C=O) groups excluding carboxylic acids is 2. The van der Waals surface area contributed by atoms with Crippen molar-refractivity contribution in [2.75, 3.05) is 6.54 Å². The van der Waals surface area contributed by atoms with Gasteiger partial charge in [0.05, 0.1) is 0 Å². The molecule has 2 aliphatic rings. The highest BCUT2D eigenvalue weighted by Gasteiger charge is 2.51. The first-order valence-corrected chi connectivity index (χ1v) is 7.28. The fraction of sp³-hybridized carbons (Fsp3) is 0.857. The summed E-state index contributed by atoms with van der Waals surface area (Å²) in [6.45, 7) is 6.44. The van der Waals surface area contributed by atoms with Gasteiger partial charge in [0.2, 0.25) is 0 Å². The number of nitrogens with zero attached hydrogens (tertiary/aromatic N) is 1. The molecule has 0 aromatic heterocycles. The molecule has 0 aromatic carbocycles. The third-order valence-electron chi connectivity index (χ3n) is 4.85. The predicted octanol–water partition coefficient (Wildman–Crippen LogP) is 1.47. The van der Waals surface area contributed by atoms with Crippen molar-refractivity contribution in [2.45, 2.75) is 58.0 Å². The molecular formula is C14H25N3O2. The number of amides is 3. The fourth-order valence-electron chi connectivity index (χ4n) is 3.25. The van der Waals surface area contributed by atoms with Crippen LogP contribution in [0.3, 0.4) is 0 Å². The maximum absolute atomic E-state index is 12.5. The van der Waals surface area contributed by atoms with Gasteiger partial charge in [0, 0.05) is 6.04 Å². The zero-order valence-corrected chi connectivity index (χ0v) is 12.1. The lowest BCUT2D eigenvalue weighted by Gasteiger charge is -2.38. The number of rotatable bonds is 3. The zero-order valence-electron chi connectivity index (χ0n) is 12.1. The molecule has 3 amide bonds. The van der Waals surface area contributed by atoms with Crippen LogP contribution in [-0.4, -0.2) is 35.0 Å². The van der Waals surface area contributed by atoms with Crippen LogP contribution in [0.15, 0.2) is 0 Å². The lowest BCUT2D eigenvalue weighted by molar-refractivity contribution is -0.134. The van der Waals surface area contributed by atoms with Crippen molar-refractivity contribution < 1.29 is 9.59 Å². The summed E-state index contributed by atoms with van der Waals surface area (Å²) < 4.78 is 0. The topological polar surface area (TPSA) is 75.4 Å². The molecule has 1 saturated heterocycles. The van der Waals surface area contributed by atoms with E-state index in [0.717, 1.165) is 19.3 Å². The van der Waals surface area contributed by atoms with E-state index in [-0.39, 0.29) is 23.9 Å². The molecule has 2 fully saturated rings. The van der Waals surface area contributed by atoms with Gasteiger partial charge in [0.15, 0.2) is 0 Å². The van der Waals surface area contributed by atoms with Gasteiger partial charge >= 0.3 is 6.03 Å². The van der Waals surface area contributed by atoms with Crippen LogP contribution in [0.1, 0.15) is 46.5 Å². The average Bonchev–Trinajstić information content (AvgIpc) is 2.60. The van der Waals surface area contributed by atoms with Gasteiger partial charge in [0.25, 0.3) is 5.91 Å². The highest BCUT2D eigenvalue weighted by atomic mass is 16.2. The molecule has 108 valence electrons. The molecule has 4 atom stereocenters. The summed E-state index contributed by atoms with van der Waals surface area (Å²) in [4.78, 5) is 26.2. The van der Waals surface area contributed by atoms with Crippen molar-refractivity contribution in [3.63, 3.8) is 0 Å². The first-order chi connectivity index (χ1) is 8.92. The maximum atomic E-state index is 12.5. The van der Waals surface area contributed by atoms with Crippen LogP contribution in [0.2, 0.25) is 0 Å². The quantitative estimate of drug-likeness (QED) is 0.760. The maximum Gasteiger partial charge on any atom is 0.325 e. The van der Waals surface area contributed by atoms with Crippen molar-refractivity contribution in [2.24, 2.45) is 17.6 Å². The van der Waals surface area contributed by atoms with E-state index in [1.54, 1.807) is 6.92 Å². The number of carbonyl (C=O) groups is 2. The van der Waals surface area contributed by atoms with E-state index in [1.807, 2.05) is 6.92 Å². The molecule has 0 radical (unpaired) electrons. The van der Waals surface area contributed by atoms with Crippen molar-refractivity contribution in [1.29, 1.82) is 0 Å². The molecule has 5 heteroatoms. The summed E-state index contributed by atoms with van der Waals surface area (Å²) in [5.74, 6) is 0.699. The van der Waals surface area contributed by atoms with Gasteiger partial charge in [0.1, 0.15) is 5.54 Å². The Hall–Kier alpha value is -1.10. The smallest absolute Gasteiger partial charge is 0.325 e. The first kappa shape index (κ1) is 14.3. The van der Waals surface area contributed by atoms with E-state index >= 15 is 0 Å². The SMILES string of the molecule is CCC1(C)NC(=O)N(C2CC(C)CCC2CN)C1=O. The van der Waals surface area contributed by atoms with E-state index in [1.165, 1.54) is 4.90 Å². The molecule has 5 nitrogen and oxygen atoms in total. The second-order valence-corrected chi connectivity index (χ2v) is 6.27. The summed E-state index contributed by atoms with van der Waals surface area (Å²) in [5.41, 5.74) is 5.09. The molecule has 1 aliphatic carbocycles. The number of nitrogens with one attached hydrogen (secondary N) is 1. The lowest BCUT2D eigenvalue weighted by atomic mass is 9.78. The molecular weight excluding hydrogens is 242 g/mol. The molecule has 1 heterocycles. The molecule has 0 aromatic rings. The third kappa shape index (κ3) is 2.36. The fourth-order valence-corrected chi connectivity index (χ4v) is 3.25. The Labute approximate surface area is 114 Å². The highest BCUT2D eigenvalue weighted by molar-refractivity contribution is 6.07. The average molecular weight is 267 g/mol. The third-order valence-corrected chi connectivity index (χ3v) is 4.85. The van der Waals surface area contributed by atoms with Crippen molar-refractivity contribution in [1.82, 2.24) is 10.2 Å². The Morgan fingerprint density at radius 3 is 2.63 bits per heavy atom. The highest BCUT2D eigenvalue weighted by Crippen LogP contribution is 2.35. The van der Waals surface area contributed by atoms with E-state index in [0.29, 0.717) is 18.9 Å². The summed E-state index contributed by atoms with van der Waals surface area (Å²) in [6.07, 6.45) is 3.62. The monoisotopic (exact) mass is 267 g/mol. The van der Waals surface area contributed by atoms with Crippen LogP contribution in [0.5, 0.6) is 0 Å². The van der Waals surface area contributed by atoms with Crippen LogP contribution < -0.4 is 11.1 Å². The first-order valence-electron chi connectivity index (χ1n) is 7.28. The minimum absolute atomic E-state index is 0.0328. The van der Waals surface area contributed by atoms with E-state index in [9.17, 15) is 9.59 Å². The second kappa shape index (κ2) is 5.12. The number of hydrogen-bond donors (Lipinski definition) is 2. The Morgan fingerprint density at radius 1 is 1.42 bits per heavy atom. The van der Waals surface area contributed by atoms with Crippen LogP contribution in [0.25, 0.3) is 0 Å². The lowest BCUT2D eigenvalue weighted by Crippen LogP contribution is -2.50. The molecule has 19 heavy (non-hydrogen) atoms. The molecule has 0 bridgehead atoms. The number of hydrogen-bond acceptors (Lipinski definition) is 3. The Bertz CT molecular complexity index is 385. The minimum atomic E-state index is -0.739. The van der Waals surface area contributed by atoms with Gasteiger partial charge in [-0.25, -0.2) is 4.79 Å². The molecule has 0 spiro atoms. The largest absolute Gasteiger partial charge is 0.330 e. The van der Waals surface area contributed by atoms with E-state index in [4.69, 9.17) is 5.73 Å². The Kier molecular flexibility index (Phi) is 3.85. The second-order valence-electron chi connectivity index (χ2n) is 6.27. The van der Waals surface area contributed by atoms with Crippen LogP contribution in [-0.2, 0) is 4.79 Å². The van der Waals surface area contributed by atoms with E-state index in [2.05, 4.69) is 12.2 Å². The van der Waals surface area contributed by atoms with Gasteiger partial charge in [-0.1, -0.05) is 20.3 Å². The van der Waals surface area contributed by atoms with Crippen LogP contribution >= 0.6 is 0 Å². The molecule has 3 N–H and O–H groups in total. The number of urea groups is 1. The number of imide groups is 1. The summed E-state index contributed by atoms with van der Waals surface area (Å²) >= 11 is 0. The van der Waals surface area contributed by atoms with Crippen molar-refractivity contribution in [3.8, 4) is 0 Å². The normalized spacial score (nSPS) is 39.6. The van der Waals surface area contributed by atoms with Gasteiger partial charge in [-0.3, -0.25) is 9.69 Å². The predicted molar refractivity (Wildman–Crippen MR) is 73.4 cm³/mol. The van der Waals surface area contributed by atoms with Gasteiger partial charge in [-0.2, -0.15) is 0 Å². The summed E-state index contributed by atoms with van der Waals surface area (Å²) in [7, 11) is 0. The van der Waals surface area contributed by atoms with Crippen LogP contribution in [0.4, 0.5) is 4.79 Å². The van der Waals surface area contributed by atoms with Crippen LogP contribution in [0, 0.1) is 11.8 Å². The molecule has 4 unspecified atom stereocenters. The summed E-state index contributed by atoms with van der Waals surface area (Å²) in [5, 5.41) is 2.83. The van der Waals surface area contributed by atoms with Gasteiger partial charge in [-0.05, 0) is 44.6 Å². The Morgan fingerprint density at radius 2 is 2.11 bits per heavy atom. The van der Waals surface area contributed by atoms with Crippen molar-refractivity contribution >= 4 is 11.9 Å². The van der Waals surface area contributed by atoms with E-state index < -0.39 is 5.54 Å². The van der Waals surface area contributed by atoms with Crippen molar-refractivity contribution in [3.05, 3.63) is 0 Å². The number of nitrogens with two attached hydrogens (primary N) is 1.